The van der Waals surface area contributed by atoms with Crippen molar-refractivity contribution in [2.75, 3.05) is 23.4 Å². The number of hydrogen-bond acceptors (Lipinski definition) is 4. The summed E-state index contributed by atoms with van der Waals surface area (Å²) in [5.74, 6) is 1.26. The highest BCUT2D eigenvalue weighted by Crippen LogP contribution is 2.09. The van der Waals surface area contributed by atoms with Crippen molar-refractivity contribution in [2.24, 2.45) is 0 Å². The van der Waals surface area contributed by atoms with Crippen molar-refractivity contribution in [1.82, 2.24) is 4.98 Å². The first-order valence-corrected chi connectivity index (χ1v) is 6.20. The third-order valence-corrected chi connectivity index (χ3v) is 3.18. The number of nitrogens with zero attached hydrogens (tertiary/aromatic N) is 2. The van der Waals surface area contributed by atoms with Gasteiger partial charge in [-0.25, -0.2) is 4.98 Å². The van der Waals surface area contributed by atoms with Gasteiger partial charge in [0.05, 0.1) is 5.69 Å². The minimum Gasteiger partial charge on any atom is -0.382 e. The van der Waals surface area contributed by atoms with Crippen molar-refractivity contribution in [1.29, 1.82) is 5.26 Å². The molecule has 1 heterocycles. The predicted octanol–water partition coefficient (Wildman–Crippen LogP) is 1.13. The van der Waals surface area contributed by atoms with Crippen LogP contribution >= 0.6 is 0 Å². The van der Waals surface area contributed by atoms with Gasteiger partial charge in [-0.3, -0.25) is 4.21 Å². The number of aromatic nitrogens is 1. The molecule has 5 heteroatoms. The van der Waals surface area contributed by atoms with Crippen LogP contribution < -0.4 is 5.32 Å². The fourth-order valence-corrected chi connectivity index (χ4v) is 1.70. The average Bonchev–Trinajstić information content (AvgIpc) is 2.29. The molecule has 1 rings (SSSR count). The lowest BCUT2D eigenvalue weighted by Crippen LogP contribution is -2.12. The van der Waals surface area contributed by atoms with Crippen molar-refractivity contribution in [3.05, 3.63) is 24.0 Å². The first-order valence-electron chi connectivity index (χ1n) is 4.72. The molecule has 0 fully saturated rings. The largest absolute Gasteiger partial charge is 0.382 e. The van der Waals surface area contributed by atoms with Crippen molar-refractivity contribution in [2.45, 2.75) is 6.92 Å². The van der Waals surface area contributed by atoms with Crippen LogP contribution in [0.25, 0.3) is 0 Å². The number of nitrogens with one attached hydrogen (secondary N) is 1. The summed E-state index contributed by atoms with van der Waals surface area (Å²) < 4.78 is 11.1. The number of nitriles is 1. The smallest absolute Gasteiger partial charge is 0.163 e. The standard InChI is InChI=1S/C10H13N3OS/c1-2-15(14)7-6-13-9-4-3-5-12-10(9)8-11/h3-5,13H,2,6-7H2,1H3. The molecule has 4 nitrogen and oxygen atoms in total. The van der Waals surface area contributed by atoms with Crippen LogP contribution in [0.3, 0.4) is 0 Å². The Labute approximate surface area is 91.8 Å². The van der Waals surface area contributed by atoms with E-state index in [1.807, 2.05) is 13.0 Å². The molecule has 0 aliphatic carbocycles. The van der Waals surface area contributed by atoms with Gasteiger partial charge in [0.15, 0.2) is 5.69 Å². The quantitative estimate of drug-likeness (QED) is 0.812. The zero-order valence-electron chi connectivity index (χ0n) is 8.56. The normalized spacial score (nSPS) is 11.7. The summed E-state index contributed by atoms with van der Waals surface area (Å²) in [5, 5.41) is 11.8. The Morgan fingerprint density at radius 2 is 2.47 bits per heavy atom. The molecule has 1 N–H and O–H groups in total. The van der Waals surface area contributed by atoms with E-state index in [2.05, 4.69) is 10.3 Å². The van der Waals surface area contributed by atoms with E-state index in [4.69, 9.17) is 5.26 Å². The third kappa shape index (κ3) is 3.68. The number of rotatable bonds is 5. The molecule has 0 amide bonds. The lowest BCUT2D eigenvalue weighted by molar-refractivity contribution is 0.684. The summed E-state index contributed by atoms with van der Waals surface area (Å²) in [5.41, 5.74) is 1.08. The highest BCUT2D eigenvalue weighted by atomic mass is 32.2. The molecule has 1 atom stereocenters. The number of hydrogen-bond donors (Lipinski definition) is 1. The highest BCUT2D eigenvalue weighted by Gasteiger charge is 2.01. The van der Waals surface area contributed by atoms with Crippen LogP contribution in [0.4, 0.5) is 5.69 Å². The molecule has 0 saturated carbocycles. The molecule has 1 aromatic heterocycles. The van der Waals surface area contributed by atoms with Crippen LogP contribution in [0.15, 0.2) is 18.3 Å². The van der Waals surface area contributed by atoms with E-state index >= 15 is 0 Å². The second kappa shape index (κ2) is 6.14. The zero-order chi connectivity index (χ0) is 11.1. The van der Waals surface area contributed by atoms with E-state index in [1.165, 1.54) is 0 Å². The minimum absolute atomic E-state index is 0.375. The Hall–Kier alpha value is -1.41. The minimum atomic E-state index is -0.775. The van der Waals surface area contributed by atoms with Crippen LogP contribution in [-0.2, 0) is 10.8 Å². The summed E-state index contributed by atoms with van der Waals surface area (Å²) in [7, 11) is -0.775. The summed E-state index contributed by atoms with van der Waals surface area (Å²) in [6, 6.07) is 5.55. The van der Waals surface area contributed by atoms with Crippen molar-refractivity contribution in [3.8, 4) is 6.07 Å². The Balaban J connectivity index is 2.51. The van der Waals surface area contributed by atoms with E-state index in [9.17, 15) is 4.21 Å². The fraction of sp³-hybridized carbons (Fsp3) is 0.400. The summed E-state index contributed by atoms with van der Waals surface area (Å²) in [6.45, 7) is 2.49. The maximum atomic E-state index is 11.1. The molecule has 0 spiro atoms. The Morgan fingerprint density at radius 3 is 3.13 bits per heavy atom. The first-order chi connectivity index (χ1) is 7.27. The molecule has 80 valence electrons. The molecule has 1 aromatic rings. The highest BCUT2D eigenvalue weighted by molar-refractivity contribution is 7.84. The lowest BCUT2D eigenvalue weighted by atomic mass is 10.3. The molecule has 0 aliphatic rings. The SMILES string of the molecule is CCS(=O)CCNc1cccnc1C#N. The number of pyridine rings is 1. The molecule has 0 saturated heterocycles. The maximum Gasteiger partial charge on any atom is 0.163 e. The maximum absolute atomic E-state index is 11.1. The van der Waals surface area contributed by atoms with Crippen LogP contribution in [0.2, 0.25) is 0 Å². The van der Waals surface area contributed by atoms with E-state index in [0.29, 0.717) is 29.4 Å². The van der Waals surface area contributed by atoms with E-state index < -0.39 is 10.8 Å². The van der Waals surface area contributed by atoms with Gasteiger partial charge in [-0.1, -0.05) is 6.92 Å². The third-order valence-electron chi connectivity index (χ3n) is 1.88. The van der Waals surface area contributed by atoms with Gasteiger partial charge in [0, 0.05) is 35.0 Å². The average molecular weight is 223 g/mol. The van der Waals surface area contributed by atoms with Crippen LogP contribution in [0, 0.1) is 11.3 Å². The van der Waals surface area contributed by atoms with Gasteiger partial charge in [-0.05, 0) is 12.1 Å². The Bertz CT molecular complexity index is 386. The molecule has 1 unspecified atom stereocenters. The predicted molar refractivity (Wildman–Crippen MR) is 61.0 cm³/mol. The van der Waals surface area contributed by atoms with E-state index in [-0.39, 0.29) is 0 Å². The van der Waals surface area contributed by atoms with Gasteiger partial charge < -0.3 is 5.32 Å². The monoisotopic (exact) mass is 223 g/mol. The van der Waals surface area contributed by atoms with Gasteiger partial charge in [-0.2, -0.15) is 5.26 Å². The molecule has 0 aliphatic heterocycles. The topological polar surface area (TPSA) is 65.8 Å². The summed E-state index contributed by atoms with van der Waals surface area (Å²) in [6.07, 6.45) is 1.58. The Morgan fingerprint density at radius 1 is 1.67 bits per heavy atom. The van der Waals surface area contributed by atoms with Gasteiger partial charge in [0.1, 0.15) is 6.07 Å². The lowest BCUT2D eigenvalue weighted by Gasteiger charge is -2.06. The molecule has 15 heavy (non-hydrogen) atoms. The second-order valence-electron chi connectivity index (χ2n) is 2.87. The van der Waals surface area contributed by atoms with Crippen molar-refractivity contribution in [3.63, 3.8) is 0 Å². The zero-order valence-corrected chi connectivity index (χ0v) is 9.38. The second-order valence-corrected chi connectivity index (χ2v) is 4.74. The van der Waals surface area contributed by atoms with E-state index in [0.717, 1.165) is 0 Å². The molecule has 0 aromatic carbocycles. The van der Waals surface area contributed by atoms with Crippen molar-refractivity contribution < 1.29 is 4.21 Å². The van der Waals surface area contributed by atoms with Gasteiger partial charge >= 0.3 is 0 Å². The first kappa shape index (κ1) is 11.7. The van der Waals surface area contributed by atoms with Crippen LogP contribution in [0.1, 0.15) is 12.6 Å². The fourth-order valence-electron chi connectivity index (χ4n) is 1.08. The van der Waals surface area contributed by atoms with Crippen LogP contribution in [-0.4, -0.2) is 27.2 Å². The Kier molecular flexibility index (Phi) is 4.78. The number of anilines is 1. The summed E-state index contributed by atoms with van der Waals surface area (Å²) >= 11 is 0. The molecule has 0 radical (unpaired) electrons. The van der Waals surface area contributed by atoms with Gasteiger partial charge in [0.2, 0.25) is 0 Å². The van der Waals surface area contributed by atoms with Crippen LogP contribution in [0.5, 0.6) is 0 Å². The molecule has 0 bridgehead atoms. The van der Waals surface area contributed by atoms with Gasteiger partial charge in [0.25, 0.3) is 0 Å². The van der Waals surface area contributed by atoms with Crippen molar-refractivity contribution >= 4 is 16.5 Å². The molecular weight excluding hydrogens is 210 g/mol. The molecular formula is C10H13N3OS. The van der Waals surface area contributed by atoms with E-state index in [1.54, 1.807) is 18.3 Å². The summed E-state index contributed by atoms with van der Waals surface area (Å²) in [4.78, 5) is 3.92. The van der Waals surface area contributed by atoms with Gasteiger partial charge in [-0.15, -0.1) is 0 Å².